The number of nitrogens with one attached hydrogen (secondary N) is 1. The summed E-state index contributed by atoms with van der Waals surface area (Å²) in [6.07, 6.45) is 10.1. The van der Waals surface area contributed by atoms with Crippen molar-refractivity contribution < 1.29 is 9.53 Å². The van der Waals surface area contributed by atoms with E-state index in [2.05, 4.69) is 5.32 Å². The monoisotopic (exact) mass is 265 g/mol. The summed E-state index contributed by atoms with van der Waals surface area (Å²) in [5.74, 6) is 1.60. The Labute approximate surface area is 116 Å². The molecule has 1 spiro atoms. The number of carbonyl (C=O) groups excluding carboxylic acids is 1. The molecule has 0 aromatic rings. The summed E-state index contributed by atoms with van der Waals surface area (Å²) in [6.45, 7) is 3.09. The second kappa shape index (κ2) is 5.92. The number of ketones is 1. The molecule has 0 amide bonds. The van der Waals surface area contributed by atoms with Crippen LogP contribution in [-0.2, 0) is 9.53 Å². The molecule has 3 rings (SSSR count). The number of carbonyl (C=O) groups is 1. The smallest absolute Gasteiger partial charge is 0.136 e. The number of Topliss-reactive ketones (excluding diaryl/α,β-unsaturated/α-hetero) is 1. The summed E-state index contributed by atoms with van der Waals surface area (Å²) in [6, 6.07) is 0. The molecule has 0 bridgehead atoms. The Morgan fingerprint density at radius 3 is 2.68 bits per heavy atom. The van der Waals surface area contributed by atoms with Crippen LogP contribution in [0.3, 0.4) is 0 Å². The van der Waals surface area contributed by atoms with Gasteiger partial charge in [0.2, 0.25) is 0 Å². The van der Waals surface area contributed by atoms with Crippen LogP contribution in [0, 0.1) is 11.8 Å². The molecular formula is C16H27NO2. The maximum Gasteiger partial charge on any atom is 0.136 e. The van der Waals surface area contributed by atoms with Gasteiger partial charge in [-0.1, -0.05) is 0 Å². The van der Waals surface area contributed by atoms with Gasteiger partial charge in [-0.05, 0) is 70.4 Å². The molecule has 19 heavy (non-hydrogen) atoms. The van der Waals surface area contributed by atoms with Crippen molar-refractivity contribution in [1.29, 1.82) is 0 Å². The average Bonchev–Trinajstić information content (AvgIpc) is 2.44. The molecule has 2 saturated heterocycles. The van der Waals surface area contributed by atoms with Gasteiger partial charge < -0.3 is 10.1 Å². The zero-order valence-electron chi connectivity index (χ0n) is 12.0. The van der Waals surface area contributed by atoms with Crippen LogP contribution in [0.25, 0.3) is 0 Å². The Bertz CT molecular complexity index is 319. The first-order valence-corrected chi connectivity index (χ1v) is 8.15. The van der Waals surface area contributed by atoms with E-state index in [9.17, 15) is 4.79 Å². The standard InChI is InChI=1S/C16H27NO2/c18-15(3-2-13-4-9-17-10-5-13)14-6-11-19-16(12-14)7-1-8-16/h13-14,17H,1-12H2. The molecule has 1 unspecified atom stereocenters. The minimum absolute atomic E-state index is 0.118. The summed E-state index contributed by atoms with van der Waals surface area (Å²) in [5, 5.41) is 3.39. The van der Waals surface area contributed by atoms with Crippen LogP contribution >= 0.6 is 0 Å². The molecule has 2 aliphatic heterocycles. The predicted octanol–water partition coefficient (Wildman–Crippen LogP) is 2.68. The normalized spacial score (nSPS) is 31.1. The van der Waals surface area contributed by atoms with Gasteiger partial charge in [-0.2, -0.15) is 0 Å². The topological polar surface area (TPSA) is 38.3 Å². The Morgan fingerprint density at radius 2 is 2.00 bits per heavy atom. The van der Waals surface area contributed by atoms with Crippen molar-refractivity contribution in [3.05, 3.63) is 0 Å². The highest BCUT2D eigenvalue weighted by Crippen LogP contribution is 2.44. The summed E-state index contributed by atoms with van der Waals surface area (Å²) < 4.78 is 5.92. The van der Waals surface area contributed by atoms with Crippen LogP contribution < -0.4 is 5.32 Å². The van der Waals surface area contributed by atoms with E-state index in [1.165, 1.54) is 32.1 Å². The van der Waals surface area contributed by atoms with Crippen LogP contribution in [0.2, 0.25) is 0 Å². The average molecular weight is 265 g/mol. The third kappa shape index (κ3) is 3.19. The highest BCUT2D eigenvalue weighted by atomic mass is 16.5. The number of rotatable bonds is 4. The molecule has 0 aromatic heterocycles. The van der Waals surface area contributed by atoms with Crippen LogP contribution in [0.15, 0.2) is 0 Å². The molecule has 0 aromatic carbocycles. The van der Waals surface area contributed by atoms with E-state index >= 15 is 0 Å². The summed E-state index contributed by atoms with van der Waals surface area (Å²) in [7, 11) is 0. The fraction of sp³-hybridized carbons (Fsp3) is 0.938. The molecule has 2 heterocycles. The maximum absolute atomic E-state index is 12.4. The third-order valence-electron chi connectivity index (χ3n) is 5.47. The molecule has 1 saturated carbocycles. The number of piperidine rings is 1. The van der Waals surface area contributed by atoms with Gasteiger partial charge in [-0.3, -0.25) is 4.79 Å². The first-order valence-electron chi connectivity index (χ1n) is 8.15. The zero-order valence-corrected chi connectivity index (χ0v) is 12.0. The van der Waals surface area contributed by atoms with Gasteiger partial charge in [0.25, 0.3) is 0 Å². The van der Waals surface area contributed by atoms with Gasteiger partial charge in [-0.25, -0.2) is 0 Å². The highest BCUT2D eigenvalue weighted by molar-refractivity contribution is 5.81. The van der Waals surface area contributed by atoms with E-state index < -0.39 is 0 Å². The van der Waals surface area contributed by atoms with Crippen molar-refractivity contribution in [3.63, 3.8) is 0 Å². The molecule has 3 aliphatic rings. The minimum atomic E-state index is 0.118. The van der Waals surface area contributed by atoms with E-state index in [-0.39, 0.29) is 5.60 Å². The van der Waals surface area contributed by atoms with E-state index in [4.69, 9.17) is 4.74 Å². The second-order valence-electron chi connectivity index (χ2n) is 6.77. The second-order valence-corrected chi connectivity index (χ2v) is 6.77. The fourth-order valence-electron chi connectivity index (χ4n) is 3.94. The van der Waals surface area contributed by atoms with Crippen molar-refractivity contribution >= 4 is 5.78 Å². The first kappa shape index (κ1) is 13.6. The van der Waals surface area contributed by atoms with Crippen LogP contribution in [0.1, 0.15) is 57.8 Å². The Balaban J connectivity index is 1.44. The molecule has 0 radical (unpaired) electrons. The minimum Gasteiger partial charge on any atom is -0.375 e. The lowest BCUT2D eigenvalue weighted by molar-refractivity contribution is -0.155. The van der Waals surface area contributed by atoms with Gasteiger partial charge in [0.1, 0.15) is 5.78 Å². The molecule has 3 fully saturated rings. The Morgan fingerprint density at radius 1 is 1.21 bits per heavy atom. The molecule has 1 aliphatic carbocycles. The lowest BCUT2D eigenvalue weighted by atomic mass is 9.70. The lowest BCUT2D eigenvalue weighted by Crippen LogP contribution is -2.47. The summed E-state index contributed by atoms with van der Waals surface area (Å²) >= 11 is 0. The van der Waals surface area contributed by atoms with E-state index in [1.54, 1.807) is 0 Å². The van der Waals surface area contributed by atoms with E-state index in [0.717, 1.165) is 51.3 Å². The Kier molecular flexibility index (Phi) is 4.23. The molecule has 1 N–H and O–H groups in total. The van der Waals surface area contributed by atoms with Gasteiger partial charge in [0.15, 0.2) is 0 Å². The van der Waals surface area contributed by atoms with Crippen molar-refractivity contribution in [2.24, 2.45) is 11.8 Å². The van der Waals surface area contributed by atoms with E-state index in [1.807, 2.05) is 0 Å². The van der Waals surface area contributed by atoms with Crippen molar-refractivity contribution in [2.45, 2.75) is 63.4 Å². The predicted molar refractivity (Wildman–Crippen MR) is 75.1 cm³/mol. The fourth-order valence-corrected chi connectivity index (χ4v) is 3.94. The molecule has 3 heteroatoms. The quantitative estimate of drug-likeness (QED) is 0.849. The number of hydrogen-bond donors (Lipinski definition) is 1. The van der Waals surface area contributed by atoms with Gasteiger partial charge in [0.05, 0.1) is 5.60 Å². The van der Waals surface area contributed by atoms with Gasteiger partial charge in [-0.15, -0.1) is 0 Å². The van der Waals surface area contributed by atoms with Crippen molar-refractivity contribution in [3.8, 4) is 0 Å². The van der Waals surface area contributed by atoms with Crippen LogP contribution in [0.4, 0.5) is 0 Å². The molecule has 108 valence electrons. The zero-order chi connectivity index (χ0) is 13.1. The highest BCUT2D eigenvalue weighted by Gasteiger charge is 2.44. The van der Waals surface area contributed by atoms with Gasteiger partial charge >= 0.3 is 0 Å². The largest absolute Gasteiger partial charge is 0.375 e. The third-order valence-corrected chi connectivity index (χ3v) is 5.47. The Hall–Kier alpha value is -0.410. The van der Waals surface area contributed by atoms with Crippen molar-refractivity contribution in [2.75, 3.05) is 19.7 Å². The lowest BCUT2D eigenvalue weighted by Gasteiger charge is -2.47. The van der Waals surface area contributed by atoms with E-state index in [0.29, 0.717) is 11.7 Å². The summed E-state index contributed by atoms with van der Waals surface area (Å²) in [5.41, 5.74) is 0.118. The van der Waals surface area contributed by atoms with Crippen molar-refractivity contribution in [1.82, 2.24) is 5.32 Å². The number of hydrogen-bond acceptors (Lipinski definition) is 3. The van der Waals surface area contributed by atoms with Crippen LogP contribution in [-0.4, -0.2) is 31.1 Å². The molecule has 3 nitrogen and oxygen atoms in total. The van der Waals surface area contributed by atoms with Crippen LogP contribution in [0.5, 0.6) is 0 Å². The SMILES string of the molecule is O=C(CCC1CCNCC1)C1CCOC2(CCC2)C1. The van der Waals surface area contributed by atoms with Gasteiger partial charge in [0, 0.05) is 18.9 Å². The maximum atomic E-state index is 12.4. The molecule has 1 atom stereocenters. The number of ether oxygens (including phenoxy) is 1. The first-order chi connectivity index (χ1) is 9.27. The summed E-state index contributed by atoms with van der Waals surface area (Å²) in [4.78, 5) is 12.4. The molecular weight excluding hydrogens is 238 g/mol.